The SMILES string of the molecule is CN(CC(=O)N1C[C@H]2COCC[C@@]2(O)[C@@H]2COCC[C@@H]21)Cc1ccccc1. The van der Waals surface area contributed by atoms with Crippen LogP contribution in [-0.2, 0) is 20.8 Å². The van der Waals surface area contributed by atoms with Gasteiger partial charge in [-0.25, -0.2) is 0 Å². The molecule has 4 atom stereocenters. The number of benzene rings is 1. The predicted molar refractivity (Wildman–Crippen MR) is 101 cm³/mol. The molecule has 3 aliphatic heterocycles. The smallest absolute Gasteiger partial charge is 0.237 e. The normalized spacial score (nSPS) is 33.4. The lowest BCUT2D eigenvalue weighted by Gasteiger charge is -2.57. The second-order valence-electron chi connectivity index (χ2n) is 8.25. The molecule has 0 saturated carbocycles. The van der Waals surface area contributed by atoms with E-state index in [-0.39, 0.29) is 23.8 Å². The molecule has 27 heavy (non-hydrogen) atoms. The molecule has 0 bridgehead atoms. The van der Waals surface area contributed by atoms with Crippen molar-refractivity contribution < 1.29 is 19.4 Å². The van der Waals surface area contributed by atoms with Gasteiger partial charge in [-0.15, -0.1) is 0 Å². The van der Waals surface area contributed by atoms with E-state index in [1.54, 1.807) is 0 Å². The minimum Gasteiger partial charge on any atom is -0.389 e. The lowest BCUT2D eigenvalue weighted by Crippen LogP contribution is -2.69. The first-order valence-corrected chi connectivity index (χ1v) is 9.98. The highest BCUT2D eigenvalue weighted by molar-refractivity contribution is 5.79. The van der Waals surface area contributed by atoms with Crippen LogP contribution in [0.4, 0.5) is 0 Å². The van der Waals surface area contributed by atoms with Crippen LogP contribution >= 0.6 is 0 Å². The Kier molecular flexibility index (Phi) is 5.50. The fourth-order valence-electron chi connectivity index (χ4n) is 5.02. The topological polar surface area (TPSA) is 62.2 Å². The maximum absolute atomic E-state index is 13.2. The van der Waals surface area contributed by atoms with Crippen LogP contribution in [0.2, 0.25) is 0 Å². The largest absolute Gasteiger partial charge is 0.389 e. The fraction of sp³-hybridized carbons (Fsp3) is 0.667. The summed E-state index contributed by atoms with van der Waals surface area (Å²) in [7, 11) is 1.98. The third kappa shape index (κ3) is 3.76. The number of fused-ring (bicyclic) bond motifs is 3. The number of rotatable bonds is 4. The number of hydrogen-bond acceptors (Lipinski definition) is 5. The molecule has 0 radical (unpaired) electrons. The monoisotopic (exact) mass is 374 g/mol. The van der Waals surface area contributed by atoms with Gasteiger partial charge in [0.1, 0.15) is 0 Å². The van der Waals surface area contributed by atoms with E-state index in [0.29, 0.717) is 45.9 Å². The molecule has 0 aliphatic carbocycles. The molecule has 1 aromatic rings. The Balaban J connectivity index is 1.46. The first-order valence-electron chi connectivity index (χ1n) is 9.98. The van der Waals surface area contributed by atoms with E-state index in [2.05, 4.69) is 17.0 Å². The highest BCUT2D eigenvalue weighted by Gasteiger charge is 2.56. The van der Waals surface area contributed by atoms with Crippen LogP contribution in [-0.4, -0.2) is 79.0 Å². The third-order valence-electron chi connectivity index (χ3n) is 6.47. The molecule has 6 nitrogen and oxygen atoms in total. The molecule has 3 saturated heterocycles. The summed E-state index contributed by atoms with van der Waals surface area (Å²) in [6, 6.07) is 10.3. The molecule has 3 fully saturated rings. The summed E-state index contributed by atoms with van der Waals surface area (Å²) < 4.78 is 11.3. The zero-order valence-electron chi connectivity index (χ0n) is 16.0. The lowest BCUT2D eigenvalue weighted by molar-refractivity contribution is -0.219. The Morgan fingerprint density at radius 3 is 2.85 bits per heavy atom. The van der Waals surface area contributed by atoms with Gasteiger partial charge in [0.2, 0.25) is 5.91 Å². The summed E-state index contributed by atoms with van der Waals surface area (Å²) in [5.41, 5.74) is 0.432. The number of ether oxygens (including phenoxy) is 2. The van der Waals surface area contributed by atoms with Crippen LogP contribution in [0.25, 0.3) is 0 Å². The van der Waals surface area contributed by atoms with Crippen LogP contribution in [0, 0.1) is 11.8 Å². The molecule has 1 amide bonds. The molecule has 3 aliphatic rings. The minimum atomic E-state index is -0.768. The van der Waals surface area contributed by atoms with Gasteiger partial charge >= 0.3 is 0 Å². The summed E-state index contributed by atoms with van der Waals surface area (Å²) in [6.45, 7) is 3.99. The molecule has 1 aromatic carbocycles. The van der Waals surface area contributed by atoms with Gasteiger partial charge in [-0.2, -0.15) is 0 Å². The number of carbonyl (C=O) groups excluding carboxylic acids is 1. The third-order valence-corrected chi connectivity index (χ3v) is 6.47. The summed E-state index contributed by atoms with van der Waals surface area (Å²) in [4.78, 5) is 17.2. The Hall–Kier alpha value is -1.47. The zero-order chi connectivity index (χ0) is 18.9. The van der Waals surface area contributed by atoms with Crippen molar-refractivity contribution >= 4 is 5.91 Å². The van der Waals surface area contributed by atoms with Crippen LogP contribution in [0.3, 0.4) is 0 Å². The van der Waals surface area contributed by atoms with Crippen molar-refractivity contribution in [3.8, 4) is 0 Å². The van der Waals surface area contributed by atoms with Gasteiger partial charge < -0.3 is 19.5 Å². The standard InChI is InChI=1S/C21H30N2O4/c1-22(11-16-5-3-2-4-6-16)13-20(24)23-12-17-14-27-10-8-21(17,25)18-15-26-9-7-19(18)23/h2-6,17-19,25H,7-15H2,1H3/t17-,18+,19-,21-/m0/s1. The van der Waals surface area contributed by atoms with Crippen LogP contribution in [0.1, 0.15) is 18.4 Å². The highest BCUT2D eigenvalue weighted by atomic mass is 16.5. The molecule has 0 unspecified atom stereocenters. The number of carbonyl (C=O) groups is 1. The Bertz CT molecular complexity index is 655. The second-order valence-corrected chi connectivity index (χ2v) is 8.25. The average molecular weight is 374 g/mol. The van der Waals surface area contributed by atoms with Gasteiger partial charge in [-0.1, -0.05) is 30.3 Å². The van der Waals surface area contributed by atoms with E-state index >= 15 is 0 Å². The van der Waals surface area contributed by atoms with E-state index in [9.17, 15) is 9.90 Å². The lowest BCUT2D eigenvalue weighted by atomic mass is 9.66. The number of amides is 1. The maximum atomic E-state index is 13.2. The van der Waals surface area contributed by atoms with Gasteiger partial charge in [0, 0.05) is 50.6 Å². The van der Waals surface area contributed by atoms with E-state index in [4.69, 9.17) is 9.47 Å². The van der Waals surface area contributed by atoms with E-state index < -0.39 is 5.60 Å². The number of likely N-dealkylation sites (N-methyl/N-ethyl adjacent to an activating group) is 1. The molecule has 6 heteroatoms. The summed E-state index contributed by atoms with van der Waals surface area (Å²) >= 11 is 0. The molecular formula is C21H30N2O4. The Morgan fingerprint density at radius 2 is 2.04 bits per heavy atom. The molecule has 148 valence electrons. The van der Waals surface area contributed by atoms with Crippen molar-refractivity contribution in [3.63, 3.8) is 0 Å². The Morgan fingerprint density at radius 1 is 1.26 bits per heavy atom. The molecule has 0 spiro atoms. The van der Waals surface area contributed by atoms with E-state index in [0.717, 1.165) is 13.0 Å². The van der Waals surface area contributed by atoms with E-state index in [1.807, 2.05) is 30.1 Å². The summed E-state index contributed by atoms with van der Waals surface area (Å²) in [6.07, 6.45) is 1.44. The van der Waals surface area contributed by atoms with Gasteiger partial charge in [0.25, 0.3) is 0 Å². The predicted octanol–water partition coefficient (Wildman–Crippen LogP) is 1.13. The van der Waals surface area contributed by atoms with Crippen LogP contribution in [0.5, 0.6) is 0 Å². The van der Waals surface area contributed by atoms with Crippen molar-refractivity contribution in [2.45, 2.75) is 31.0 Å². The molecule has 4 rings (SSSR count). The van der Waals surface area contributed by atoms with Gasteiger partial charge in [0.15, 0.2) is 0 Å². The zero-order valence-corrected chi connectivity index (χ0v) is 16.0. The Labute approximate surface area is 161 Å². The highest BCUT2D eigenvalue weighted by Crippen LogP contribution is 2.44. The number of hydrogen-bond donors (Lipinski definition) is 1. The molecular weight excluding hydrogens is 344 g/mol. The second kappa shape index (κ2) is 7.87. The molecule has 0 aromatic heterocycles. The van der Waals surface area contributed by atoms with Crippen LogP contribution < -0.4 is 0 Å². The average Bonchev–Trinajstić information content (AvgIpc) is 2.68. The van der Waals surface area contributed by atoms with Crippen LogP contribution in [0.15, 0.2) is 30.3 Å². The number of nitrogens with zero attached hydrogens (tertiary/aromatic N) is 2. The first kappa shape index (κ1) is 18.9. The molecule has 1 N–H and O–H groups in total. The number of aliphatic hydroxyl groups is 1. The molecule has 3 heterocycles. The summed E-state index contributed by atoms with van der Waals surface area (Å²) in [5, 5.41) is 11.4. The number of likely N-dealkylation sites (tertiary alicyclic amines) is 1. The minimum absolute atomic E-state index is 0.0164. The number of piperidine rings is 1. The van der Waals surface area contributed by atoms with Gasteiger partial charge in [-0.3, -0.25) is 9.69 Å². The fourth-order valence-corrected chi connectivity index (χ4v) is 5.02. The van der Waals surface area contributed by atoms with Gasteiger partial charge in [0.05, 0.1) is 25.4 Å². The summed E-state index contributed by atoms with van der Waals surface area (Å²) in [5.74, 6) is 0.0906. The van der Waals surface area contributed by atoms with Crippen molar-refractivity contribution in [3.05, 3.63) is 35.9 Å². The van der Waals surface area contributed by atoms with Crippen molar-refractivity contribution in [2.24, 2.45) is 11.8 Å². The quantitative estimate of drug-likeness (QED) is 0.856. The van der Waals surface area contributed by atoms with Crippen molar-refractivity contribution in [1.82, 2.24) is 9.80 Å². The first-order chi connectivity index (χ1) is 13.1. The maximum Gasteiger partial charge on any atom is 0.237 e. The van der Waals surface area contributed by atoms with Gasteiger partial charge in [-0.05, 0) is 19.0 Å². The van der Waals surface area contributed by atoms with E-state index in [1.165, 1.54) is 5.56 Å². The van der Waals surface area contributed by atoms with Crippen molar-refractivity contribution in [1.29, 1.82) is 0 Å². The van der Waals surface area contributed by atoms with Crippen molar-refractivity contribution in [2.75, 3.05) is 46.6 Å².